The number of ether oxygens (including phenoxy) is 4. The summed E-state index contributed by atoms with van der Waals surface area (Å²) in [5, 5.41) is 2.69. The van der Waals surface area contributed by atoms with Gasteiger partial charge in [-0.2, -0.15) is 0 Å². The van der Waals surface area contributed by atoms with Gasteiger partial charge in [0.1, 0.15) is 11.4 Å². The number of esters is 1. The molecule has 2 aromatic rings. The Morgan fingerprint density at radius 1 is 1.03 bits per heavy atom. The molecule has 8 heteroatoms. The van der Waals surface area contributed by atoms with Gasteiger partial charge in [-0.05, 0) is 24.5 Å². The number of nitrogens with zero attached hydrogens (tertiary/aromatic N) is 1. The molecule has 1 amide bonds. The van der Waals surface area contributed by atoms with Crippen LogP contribution in [0.3, 0.4) is 0 Å². The number of carbonyl (C=O) groups excluding carboxylic acids is 2. The fraction of sp³-hybridized carbons (Fsp3) is 0.381. The molecule has 29 heavy (non-hydrogen) atoms. The normalized spacial score (nSPS) is 10.2. The van der Waals surface area contributed by atoms with Crippen molar-refractivity contribution < 1.29 is 28.5 Å². The molecule has 0 fully saturated rings. The van der Waals surface area contributed by atoms with Gasteiger partial charge in [0.25, 0.3) is 5.91 Å². The van der Waals surface area contributed by atoms with Gasteiger partial charge in [0.2, 0.25) is 5.75 Å². The third-order valence-electron chi connectivity index (χ3n) is 4.35. The molecule has 2 rings (SSSR count). The van der Waals surface area contributed by atoms with Crippen LogP contribution >= 0.6 is 0 Å². The molecule has 0 saturated heterocycles. The number of carbonyl (C=O) groups is 2. The Hall–Kier alpha value is -3.29. The summed E-state index contributed by atoms with van der Waals surface area (Å²) >= 11 is 0. The first-order chi connectivity index (χ1) is 14.0. The number of methoxy groups -OCH3 is 4. The molecule has 156 valence electrons. The van der Waals surface area contributed by atoms with Gasteiger partial charge >= 0.3 is 5.97 Å². The smallest absolute Gasteiger partial charge is 0.340 e. The SMILES string of the molecule is CCCCc1ccc(C(=O)Nc2c(C(=O)OC)cc(OC)c(OC)c2OC)nc1. The van der Waals surface area contributed by atoms with Gasteiger partial charge in [-0.15, -0.1) is 0 Å². The molecule has 0 unspecified atom stereocenters. The number of amides is 1. The Labute approximate surface area is 170 Å². The second kappa shape index (κ2) is 10.3. The van der Waals surface area contributed by atoms with Crippen molar-refractivity contribution in [2.75, 3.05) is 33.8 Å². The molecule has 0 saturated carbocycles. The van der Waals surface area contributed by atoms with E-state index in [1.165, 1.54) is 34.5 Å². The van der Waals surface area contributed by atoms with Crippen LogP contribution in [0.15, 0.2) is 24.4 Å². The number of nitrogens with one attached hydrogen (secondary N) is 1. The van der Waals surface area contributed by atoms with E-state index >= 15 is 0 Å². The van der Waals surface area contributed by atoms with Crippen molar-refractivity contribution >= 4 is 17.6 Å². The summed E-state index contributed by atoms with van der Waals surface area (Å²) in [6.07, 6.45) is 4.72. The Morgan fingerprint density at radius 2 is 1.76 bits per heavy atom. The molecule has 0 bridgehead atoms. The second-order valence-corrected chi connectivity index (χ2v) is 6.17. The molecule has 1 N–H and O–H groups in total. The lowest BCUT2D eigenvalue weighted by atomic mass is 10.1. The van der Waals surface area contributed by atoms with E-state index < -0.39 is 11.9 Å². The topological polar surface area (TPSA) is 96.0 Å². The summed E-state index contributed by atoms with van der Waals surface area (Å²) < 4.78 is 20.8. The minimum Gasteiger partial charge on any atom is -0.493 e. The van der Waals surface area contributed by atoms with Crippen molar-refractivity contribution in [2.45, 2.75) is 26.2 Å². The third-order valence-corrected chi connectivity index (χ3v) is 4.35. The molecule has 0 atom stereocenters. The van der Waals surface area contributed by atoms with E-state index in [0.29, 0.717) is 0 Å². The van der Waals surface area contributed by atoms with Crippen LogP contribution in [0, 0.1) is 0 Å². The minimum absolute atomic E-state index is 0.0647. The lowest BCUT2D eigenvalue weighted by molar-refractivity contribution is 0.0601. The third kappa shape index (κ3) is 4.96. The summed E-state index contributed by atoms with van der Waals surface area (Å²) in [7, 11) is 5.50. The Morgan fingerprint density at radius 3 is 2.28 bits per heavy atom. The Kier molecular flexibility index (Phi) is 7.82. The summed E-state index contributed by atoms with van der Waals surface area (Å²) in [5.74, 6) is -0.521. The Bertz CT molecular complexity index is 864. The van der Waals surface area contributed by atoms with Gasteiger partial charge in [0, 0.05) is 12.3 Å². The summed E-state index contributed by atoms with van der Waals surface area (Å²) in [6.45, 7) is 2.12. The van der Waals surface area contributed by atoms with Crippen LogP contribution in [0.25, 0.3) is 0 Å². The zero-order valence-corrected chi connectivity index (χ0v) is 17.3. The van der Waals surface area contributed by atoms with Crippen LogP contribution in [0.2, 0.25) is 0 Å². The van der Waals surface area contributed by atoms with Crippen LogP contribution in [0.5, 0.6) is 17.2 Å². The summed E-state index contributed by atoms with van der Waals surface area (Å²) in [5.41, 5.74) is 1.44. The number of benzene rings is 1. The molecule has 1 aromatic heterocycles. The fourth-order valence-corrected chi connectivity index (χ4v) is 2.82. The molecule has 0 aliphatic rings. The van der Waals surface area contributed by atoms with Crippen LogP contribution in [-0.2, 0) is 11.2 Å². The van der Waals surface area contributed by atoms with Crippen LogP contribution in [0.1, 0.15) is 46.2 Å². The average molecular weight is 402 g/mol. The number of hydrogen-bond donors (Lipinski definition) is 1. The van der Waals surface area contributed by atoms with Gasteiger partial charge in [0.15, 0.2) is 11.5 Å². The van der Waals surface area contributed by atoms with Gasteiger partial charge in [-0.1, -0.05) is 19.4 Å². The Balaban J connectivity index is 2.44. The van der Waals surface area contributed by atoms with E-state index in [0.717, 1.165) is 24.8 Å². The summed E-state index contributed by atoms with van der Waals surface area (Å²) in [4.78, 5) is 29.3. The van der Waals surface area contributed by atoms with E-state index in [1.807, 2.05) is 6.07 Å². The van der Waals surface area contributed by atoms with Crippen molar-refractivity contribution in [2.24, 2.45) is 0 Å². The number of anilines is 1. The predicted molar refractivity (Wildman–Crippen MR) is 108 cm³/mol. The highest BCUT2D eigenvalue weighted by molar-refractivity contribution is 6.09. The zero-order chi connectivity index (χ0) is 21.4. The number of rotatable bonds is 9. The highest BCUT2D eigenvalue weighted by atomic mass is 16.5. The molecule has 0 radical (unpaired) electrons. The predicted octanol–water partition coefficient (Wildman–Crippen LogP) is 3.49. The van der Waals surface area contributed by atoms with Crippen molar-refractivity contribution in [3.8, 4) is 17.2 Å². The fourth-order valence-electron chi connectivity index (χ4n) is 2.82. The van der Waals surface area contributed by atoms with Gasteiger partial charge in [-0.25, -0.2) is 4.79 Å². The number of unbranched alkanes of at least 4 members (excludes halogenated alkanes) is 1. The summed E-state index contributed by atoms with van der Waals surface area (Å²) in [6, 6.07) is 4.93. The van der Waals surface area contributed by atoms with Gasteiger partial charge < -0.3 is 24.3 Å². The van der Waals surface area contributed by atoms with Crippen molar-refractivity contribution in [1.29, 1.82) is 0 Å². The van der Waals surface area contributed by atoms with Gasteiger partial charge in [-0.3, -0.25) is 9.78 Å². The molecular formula is C21H26N2O6. The maximum atomic E-state index is 12.8. The van der Waals surface area contributed by atoms with Crippen LogP contribution < -0.4 is 19.5 Å². The largest absolute Gasteiger partial charge is 0.493 e. The first-order valence-corrected chi connectivity index (χ1v) is 9.18. The molecule has 0 aliphatic heterocycles. The number of pyridine rings is 1. The molecule has 0 aliphatic carbocycles. The molecule has 1 heterocycles. The van der Waals surface area contributed by atoms with E-state index in [4.69, 9.17) is 18.9 Å². The van der Waals surface area contributed by atoms with Gasteiger partial charge in [0.05, 0.1) is 34.0 Å². The van der Waals surface area contributed by atoms with Crippen LogP contribution in [-0.4, -0.2) is 45.3 Å². The van der Waals surface area contributed by atoms with E-state index in [9.17, 15) is 9.59 Å². The lowest BCUT2D eigenvalue weighted by Gasteiger charge is -2.19. The molecule has 0 spiro atoms. The quantitative estimate of drug-likeness (QED) is 0.641. The maximum absolute atomic E-state index is 12.8. The highest BCUT2D eigenvalue weighted by Crippen LogP contribution is 2.45. The van der Waals surface area contributed by atoms with E-state index in [-0.39, 0.29) is 34.2 Å². The van der Waals surface area contributed by atoms with Crippen molar-refractivity contribution in [1.82, 2.24) is 4.98 Å². The van der Waals surface area contributed by atoms with Crippen molar-refractivity contribution in [3.05, 3.63) is 41.2 Å². The molecular weight excluding hydrogens is 376 g/mol. The minimum atomic E-state index is -0.664. The zero-order valence-electron chi connectivity index (χ0n) is 17.3. The standard InChI is InChI=1S/C21H26N2O6/c1-6-7-8-13-9-10-15(22-12-13)20(24)23-17-14(21(25)29-5)11-16(26-2)18(27-3)19(17)28-4/h9-12H,6-8H2,1-5H3,(H,23,24). The van der Waals surface area contributed by atoms with Crippen LogP contribution in [0.4, 0.5) is 5.69 Å². The number of aryl methyl sites for hydroxylation is 1. The first-order valence-electron chi connectivity index (χ1n) is 9.18. The molecule has 8 nitrogen and oxygen atoms in total. The average Bonchev–Trinajstić information content (AvgIpc) is 2.76. The second-order valence-electron chi connectivity index (χ2n) is 6.17. The molecule has 1 aromatic carbocycles. The first kappa shape index (κ1) is 22.0. The lowest BCUT2D eigenvalue weighted by Crippen LogP contribution is -2.18. The number of aromatic nitrogens is 1. The highest BCUT2D eigenvalue weighted by Gasteiger charge is 2.26. The monoisotopic (exact) mass is 402 g/mol. The van der Waals surface area contributed by atoms with E-state index in [1.54, 1.807) is 12.3 Å². The maximum Gasteiger partial charge on any atom is 0.340 e. The van der Waals surface area contributed by atoms with E-state index in [2.05, 4.69) is 17.2 Å². The number of hydrogen-bond acceptors (Lipinski definition) is 7. The van der Waals surface area contributed by atoms with Crippen molar-refractivity contribution in [3.63, 3.8) is 0 Å².